The van der Waals surface area contributed by atoms with Crippen LogP contribution in [0, 0.1) is 5.92 Å². The molecule has 2 aromatic heterocycles. The van der Waals surface area contributed by atoms with Gasteiger partial charge in [0.15, 0.2) is 29.0 Å². The quantitative estimate of drug-likeness (QED) is 0.0682. The van der Waals surface area contributed by atoms with Crippen LogP contribution in [0.25, 0.3) is 0 Å². The first-order chi connectivity index (χ1) is 21.2. The lowest BCUT2D eigenvalue weighted by atomic mass is 9.77. The summed E-state index contributed by atoms with van der Waals surface area (Å²) in [5, 5.41) is 30.1. The molecule has 0 radical (unpaired) electrons. The van der Waals surface area contributed by atoms with Gasteiger partial charge in [-0.3, -0.25) is 14.9 Å². The van der Waals surface area contributed by atoms with Crippen molar-refractivity contribution >= 4 is 75.3 Å². The molecule has 11 N–H and O–H groups in total. The van der Waals surface area contributed by atoms with Crippen molar-refractivity contribution in [2.75, 3.05) is 35.6 Å². The van der Waals surface area contributed by atoms with Crippen molar-refractivity contribution in [3.8, 4) is 0 Å². The Kier molecular flexibility index (Phi) is 9.63. The van der Waals surface area contributed by atoms with Crippen molar-refractivity contribution in [2.45, 2.75) is 37.3 Å². The zero-order valence-electron chi connectivity index (χ0n) is 24.3. The lowest BCUT2D eigenvalue weighted by molar-refractivity contribution is -0.775. The SMILES string of the molecule is Cn1c(N)c(NC(=O)NCCN)c[n+]1CC1CSC2C(=C1C(=O)O)C(=O)C2NC(=O)C(=NOC(C)(C)C(=O)O)c1nsc(N)n1. The Morgan fingerprint density at radius 2 is 1.98 bits per heavy atom. The van der Waals surface area contributed by atoms with Gasteiger partial charge in [-0.2, -0.15) is 21.1 Å². The summed E-state index contributed by atoms with van der Waals surface area (Å²) in [6.07, 6.45) is 1.55. The van der Waals surface area contributed by atoms with Crippen LogP contribution in [0.4, 0.5) is 21.4 Å². The third-order valence-electron chi connectivity index (χ3n) is 6.95. The maximum Gasteiger partial charge on any atom is 0.350 e. The molecule has 1 aliphatic heterocycles. The summed E-state index contributed by atoms with van der Waals surface area (Å²) in [4.78, 5) is 71.5. The molecule has 1 saturated carbocycles. The van der Waals surface area contributed by atoms with Crippen LogP contribution in [0.1, 0.15) is 19.7 Å². The van der Waals surface area contributed by atoms with Crippen LogP contribution in [0.2, 0.25) is 0 Å². The van der Waals surface area contributed by atoms with E-state index in [2.05, 4.69) is 30.5 Å². The lowest BCUT2D eigenvalue weighted by Gasteiger charge is -2.42. The van der Waals surface area contributed by atoms with Crippen molar-refractivity contribution < 1.29 is 43.7 Å². The molecule has 242 valence electrons. The number of nitrogens with one attached hydrogen (secondary N) is 3. The molecular formula is C24H32N11O8S2+. The third-order valence-corrected chi connectivity index (χ3v) is 8.95. The van der Waals surface area contributed by atoms with E-state index in [0.29, 0.717) is 5.69 Å². The van der Waals surface area contributed by atoms with E-state index in [1.54, 1.807) is 22.6 Å². The number of fused-ring (bicyclic) bond motifs is 1. The molecule has 0 spiro atoms. The van der Waals surface area contributed by atoms with E-state index in [9.17, 15) is 34.2 Å². The Bertz CT molecular complexity index is 1620. The Morgan fingerprint density at radius 1 is 1.27 bits per heavy atom. The normalized spacial score (nSPS) is 19.8. The Hall–Kier alpha value is -4.76. The summed E-state index contributed by atoms with van der Waals surface area (Å²) in [6.45, 7) is 3.05. The number of nitrogen functional groups attached to an aromatic ring is 2. The number of aromatic nitrogens is 4. The van der Waals surface area contributed by atoms with Crippen molar-refractivity contribution in [1.82, 2.24) is 24.7 Å². The maximum absolute atomic E-state index is 13.3. The molecule has 45 heavy (non-hydrogen) atoms. The standard InChI is InChI=1S/C24H31N11O8S2/c1-24(2,21(40)41)43-32-14(18-31-22(27)45-33-18)19(37)30-13-15(36)12-11(20(38)39)9(8-44-16(12)13)6-35-7-10(17(26)34(35)3)29-23(42)28-5-4-25/h7,9,13,16,26H,4-6,8,25H2,1-3H3,(H7,27,28,29,30,31,33,37,38,39,40,41,42)/p+1. The number of carboxylic acids is 2. The van der Waals surface area contributed by atoms with Crippen LogP contribution in [0.15, 0.2) is 22.5 Å². The molecule has 0 saturated heterocycles. The number of carbonyl (C=O) groups is 5. The number of ketones is 1. The van der Waals surface area contributed by atoms with Crippen LogP contribution < -0.4 is 37.8 Å². The highest BCUT2D eigenvalue weighted by Gasteiger charge is 2.53. The molecule has 0 bridgehead atoms. The Morgan fingerprint density at radius 3 is 2.58 bits per heavy atom. The molecule has 1 fully saturated rings. The number of urea groups is 1. The van der Waals surface area contributed by atoms with Crippen LogP contribution in [-0.4, -0.2) is 95.4 Å². The number of rotatable bonds is 12. The Labute approximate surface area is 263 Å². The molecular weight excluding hydrogens is 634 g/mol. The van der Waals surface area contributed by atoms with Gasteiger partial charge in [-0.25, -0.2) is 14.4 Å². The number of hydrogen-bond acceptors (Lipinski definition) is 14. The topological polar surface area (TPSA) is 296 Å². The van der Waals surface area contributed by atoms with Crippen molar-refractivity contribution in [3.05, 3.63) is 23.2 Å². The van der Waals surface area contributed by atoms with Crippen LogP contribution in [0.5, 0.6) is 0 Å². The number of Topliss-reactive ketones (excluding diaryl/α,β-unsaturated/α-hetero) is 1. The van der Waals surface area contributed by atoms with E-state index in [1.807, 2.05) is 0 Å². The minimum atomic E-state index is -1.81. The molecule has 1 aliphatic carbocycles. The number of nitrogens with two attached hydrogens (primary N) is 3. The van der Waals surface area contributed by atoms with Gasteiger partial charge in [0.05, 0.1) is 23.8 Å². The first kappa shape index (κ1) is 33.1. The number of carbonyl (C=O) groups excluding carboxylic acids is 3. The first-order valence-electron chi connectivity index (χ1n) is 13.3. The highest BCUT2D eigenvalue weighted by molar-refractivity contribution is 8.00. The number of hydrogen-bond donors (Lipinski definition) is 8. The molecule has 3 amide bonds. The predicted octanol–water partition coefficient (Wildman–Crippen LogP) is -2.13. The lowest BCUT2D eigenvalue weighted by Crippen LogP contribution is -2.62. The summed E-state index contributed by atoms with van der Waals surface area (Å²) in [7, 11) is 1.63. The van der Waals surface area contributed by atoms with E-state index in [0.717, 1.165) is 11.5 Å². The summed E-state index contributed by atoms with van der Waals surface area (Å²) in [6, 6.07) is -1.62. The second-order valence-electron chi connectivity index (χ2n) is 10.4. The smallest absolute Gasteiger partial charge is 0.350 e. The maximum atomic E-state index is 13.3. The largest absolute Gasteiger partial charge is 0.478 e. The van der Waals surface area contributed by atoms with E-state index in [4.69, 9.17) is 22.0 Å². The second kappa shape index (κ2) is 13.1. The van der Waals surface area contributed by atoms with Crippen molar-refractivity contribution in [3.63, 3.8) is 0 Å². The van der Waals surface area contributed by atoms with Crippen LogP contribution in [-0.2, 0) is 37.6 Å². The Balaban J connectivity index is 1.54. The van der Waals surface area contributed by atoms with Gasteiger partial charge in [0, 0.05) is 35.9 Å². The zero-order valence-corrected chi connectivity index (χ0v) is 25.9. The molecule has 19 nitrogen and oxygen atoms in total. The first-order valence-corrected chi connectivity index (χ1v) is 15.1. The summed E-state index contributed by atoms with van der Waals surface area (Å²) >= 11 is 2.05. The molecule has 0 aromatic carbocycles. The fourth-order valence-corrected chi connectivity index (χ4v) is 6.41. The molecule has 21 heteroatoms. The fraction of sp³-hybridized carbons (Fsp3) is 0.458. The number of nitrogens with zero attached hydrogens (tertiary/aromatic N) is 5. The van der Waals surface area contributed by atoms with Crippen molar-refractivity contribution in [2.24, 2.45) is 23.9 Å². The molecule has 2 aliphatic rings. The van der Waals surface area contributed by atoms with Crippen molar-refractivity contribution in [1.29, 1.82) is 0 Å². The van der Waals surface area contributed by atoms with E-state index >= 15 is 0 Å². The van der Waals surface area contributed by atoms with Gasteiger partial charge in [0.1, 0.15) is 6.04 Å². The van der Waals surface area contributed by atoms with Crippen LogP contribution >= 0.6 is 23.3 Å². The molecule has 3 heterocycles. The zero-order chi connectivity index (χ0) is 33.2. The van der Waals surface area contributed by atoms with E-state index < -0.39 is 58.2 Å². The summed E-state index contributed by atoms with van der Waals surface area (Å²) in [5.41, 5.74) is 15.1. The minimum Gasteiger partial charge on any atom is -0.478 e. The van der Waals surface area contributed by atoms with Crippen LogP contribution in [0.3, 0.4) is 0 Å². The number of oxime groups is 1. The number of carboxylic acid groups (broad SMARTS) is 2. The summed E-state index contributed by atoms with van der Waals surface area (Å²) in [5.74, 6) is -4.56. The van der Waals surface area contributed by atoms with Gasteiger partial charge in [0.2, 0.25) is 23.3 Å². The highest BCUT2D eigenvalue weighted by Crippen LogP contribution is 2.44. The average Bonchev–Trinajstić information content (AvgIpc) is 3.52. The third kappa shape index (κ3) is 6.83. The van der Waals surface area contributed by atoms with Gasteiger partial charge in [-0.1, -0.05) is 5.16 Å². The second-order valence-corrected chi connectivity index (χ2v) is 12.4. The number of anilines is 3. The van der Waals surface area contributed by atoms with Gasteiger partial charge in [0.25, 0.3) is 5.91 Å². The average molecular weight is 667 g/mol. The highest BCUT2D eigenvalue weighted by atomic mass is 32.2. The summed E-state index contributed by atoms with van der Waals surface area (Å²) < 4.78 is 7.09. The molecule has 2 aromatic rings. The molecule has 3 atom stereocenters. The molecule has 3 unspecified atom stereocenters. The fourth-order valence-electron chi connectivity index (χ4n) is 4.47. The monoisotopic (exact) mass is 666 g/mol. The molecule has 4 rings (SSSR count). The van der Waals surface area contributed by atoms with Gasteiger partial charge in [-0.05, 0) is 13.8 Å². The van der Waals surface area contributed by atoms with Gasteiger partial charge >= 0.3 is 18.0 Å². The van der Waals surface area contributed by atoms with E-state index in [-0.39, 0.29) is 53.3 Å². The predicted molar refractivity (Wildman–Crippen MR) is 161 cm³/mol. The number of aliphatic carboxylic acids is 2. The minimum absolute atomic E-state index is 0.00326. The number of thioether (sulfide) groups is 1. The van der Waals surface area contributed by atoms with Gasteiger partial charge in [-0.15, -0.1) is 9.36 Å². The van der Waals surface area contributed by atoms with E-state index in [1.165, 1.54) is 25.6 Å². The number of amides is 3. The van der Waals surface area contributed by atoms with Gasteiger partial charge < -0.3 is 42.9 Å².